The minimum atomic E-state index is -0.836. The monoisotopic (exact) mass is 285 g/mol. The molecule has 0 radical (unpaired) electrons. The fourth-order valence-corrected chi connectivity index (χ4v) is 2.50. The number of benzene rings is 1. The van der Waals surface area contributed by atoms with Gasteiger partial charge in [-0.05, 0) is 6.42 Å². The second-order valence-electron chi connectivity index (χ2n) is 4.23. The molecule has 0 aliphatic carbocycles. The predicted octanol–water partition coefficient (Wildman–Crippen LogP) is 1.53. The first-order valence-electron chi connectivity index (χ1n) is 5.82. The van der Waals surface area contributed by atoms with Gasteiger partial charge in [0.05, 0.1) is 18.1 Å². The number of methoxy groups -OCH3 is 1. The third kappa shape index (κ3) is 2.86. The molecule has 2 rings (SSSR count). The van der Waals surface area contributed by atoms with E-state index in [1.807, 2.05) is 0 Å². The number of nitrogens with zero attached hydrogens (tertiary/aromatic N) is 2. The summed E-state index contributed by atoms with van der Waals surface area (Å²) in [6.07, 6.45) is 2.38. The minimum absolute atomic E-state index is 0.160. The summed E-state index contributed by atoms with van der Waals surface area (Å²) in [5, 5.41) is 0. The number of nitrogen functional groups attached to an aromatic ring is 1. The van der Waals surface area contributed by atoms with Gasteiger partial charge in [-0.25, -0.2) is 9.37 Å². The van der Waals surface area contributed by atoms with E-state index in [-0.39, 0.29) is 5.75 Å². The Morgan fingerprint density at radius 1 is 1.53 bits per heavy atom. The zero-order chi connectivity index (χ0) is 14.0. The van der Waals surface area contributed by atoms with Crippen molar-refractivity contribution in [1.82, 2.24) is 9.55 Å². The quantitative estimate of drug-likeness (QED) is 0.904. The van der Waals surface area contributed by atoms with Crippen LogP contribution in [-0.4, -0.2) is 32.9 Å². The summed E-state index contributed by atoms with van der Waals surface area (Å²) in [7, 11) is 0.575. The molecule has 5 nitrogen and oxygen atoms in total. The van der Waals surface area contributed by atoms with Gasteiger partial charge in [-0.3, -0.25) is 4.21 Å². The molecule has 1 aromatic carbocycles. The number of ether oxygens (including phenoxy) is 1. The molecule has 1 unspecified atom stereocenters. The molecule has 7 heteroatoms. The minimum Gasteiger partial charge on any atom is -0.494 e. The third-order valence-electron chi connectivity index (χ3n) is 2.86. The maximum atomic E-state index is 13.6. The van der Waals surface area contributed by atoms with Gasteiger partial charge in [0.2, 0.25) is 5.95 Å². The normalized spacial score (nSPS) is 12.8. The molecule has 1 aromatic heterocycles. The molecule has 104 valence electrons. The lowest BCUT2D eigenvalue weighted by Crippen LogP contribution is -2.06. The highest BCUT2D eigenvalue weighted by atomic mass is 32.2. The van der Waals surface area contributed by atoms with Crippen LogP contribution in [0.15, 0.2) is 12.1 Å². The summed E-state index contributed by atoms with van der Waals surface area (Å²) < 4.78 is 31.4. The van der Waals surface area contributed by atoms with E-state index in [1.165, 1.54) is 13.2 Å². The highest BCUT2D eigenvalue weighted by molar-refractivity contribution is 7.84. The number of hydrogen-bond acceptors (Lipinski definition) is 4. The predicted molar refractivity (Wildman–Crippen MR) is 74.2 cm³/mol. The number of nitrogens with two attached hydrogens (primary N) is 1. The van der Waals surface area contributed by atoms with E-state index >= 15 is 0 Å². The molecule has 0 fully saturated rings. The van der Waals surface area contributed by atoms with Gasteiger partial charge in [0.15, 0.2) is 11.6 Å². The second-order valence-corrected chi connectivity index (χ2v) is 5.78. The van der Waals surface area contributed by atoms with Crippen LogP contribution in [0.1, 0.15) is 6.42 Å². The molecule has 0 amide bonds. The van der Waals surface area contributed by atoms with Crippen molar-refractivity contribution in [3.63, 3.8) is 0 Å². The Labute approximate surface area is 113 Å². The van der Waals surface area contributed by atoms with Gasteiger partial charge < -0.3 is 15.0 Å². The fourth-order valence-electron chi connectivity index (χ4n) is 1.96. The fraction of sp³-hybridized carbons (Fsp3) is 0.417. The number of fused-ring (bicyclic) bond motifs is 1. The Morgan fingerprint density at radius 2 is 2.26 bits per heavy atom. The molecular weight excluding hydrogens is 269 g/mol. The van der Waals surface area contributed by atoms with Crippen molar-refractivity contribution >= 4 is 27.8 Å². The SMILES string of the molecule is COc1cc2c(cc1F)nc(N)n2CCCS(C)=O. The zero-order valence-electron chi connectivity index (χ0n) is 10.9. The Hall–Kier alpha value is -1.63. The molecule has 2 N–H and O–H groups in total. The van der Waals surface area contributed by atoms with Crippen LogP contribution in [0.4, 0.5) is 10.3 Å². The van der Waals surface area contributed by atoms with E-state index in [0.29, 0.717) is 23.8 Å². The lowest BCUT2D eigenvalue weighted by molar-refractivity contribution is 0.387. The van der Waals surface area contributed by atoms with E-state index in [0.717, 1.165) is 11.9 Å². The van der Waals surface area contributed by atoms with Crippen LogP contribution >= 0.6 is 0 Å². The number of imidazole rings is 1. The number of aromatic nitrogens is 2. The molecule has 0 saturated carbocycles. The van der Waals surface area contributed by atoms with Crippen molar-refractivity contribution in [1.29, 1.82) is 0 Å². The van der Waals surface area contributed by atoms with Gasteiger partial charge in [-0.15, -0.1) is 0 Å². The summed E-state index contributed by atoms with van der Waals surface area (Å²) >= 11 is 0. The first-order valence-corrected chi connectivity index (χ1v) is 7.55. The Bertz CT molecular complexity index is 627. The van der Waals surface area contributed by atoms with Crippen molar-refractivity contribution in [2.75, 3.05) is 24.9 Å². The zero-order valence-corrected chi connectivity index (χ0v) is 11.7. The van der Waals surface area contributed by atoms with E-state index < -0.39 is 16.6 Å². The molecule has 0 aliphatic heterocycles. The van der Waals surface area contributed by atoms with Crippen LogP contribution in [0.2, 0.25) is 0 Å². The highest BCUT2D eigenvalue weighted by Gasteiger charge is 2.12. The summed E-state index contributed by atoms with van der Waals surface area (Å²) in [6, 6.07) is 2.88. The van der Waals surface area contributed by atoms with Crippen LogP contribution in [-0.2, 0) is 17.3 Å². The molecule has 0 saturated heterocycles. The third-order valence-corrected chi connectivity index (χ3v) is 3.73. The number of halogens is 1. The van der Waals surface area contributed by atoms with E-state index in [1.54, 1.807) is 16.9 Å². The lowest BCUT2D eigenvalue weighted by Gasteiger charge is -2.07. The maximum Gasteiger partial charge on any atom is 0.201 e. The van der Waals surface area contributed by atoms with Crippen molar-refractivity contribution in [3.05, 3.63) is 17.9 Å². The summed E-state index contributed by atoms with van der Waals surface area (Å²) in [5.41, 5.74) is 7.04. The molecule has 2 aromatic rings. The van der Waals surface area contributed by atoms with Gasteiger partial charge in [0, 0.05) is 41.5 Å². The average molecular weight is 285 g/mol. The summed E-state index contributed by atoms with van der Waals surface area (Å²) in [6.45, 7) is 0.594. The Morgan fingerprint density at radius 3 is 2.89 bits per heavy atom. The van der Waals surface area contributed by atoms with Gasteiger partial charge in [0.1, 0.15) is 0 Å². The van der Waals surface area contributed by atoms with Crippen molar-refractivity contribution in [2.45, 2.75) is 13.0 Å². The first kappa shape index (κ1) is 13.8. The van der Waals surface area contributed by atoms with E-state index in [9.17, 15) is 8.60 Å². The Kier molecular flexibility index (Phi) is 4.04. The number of anilines is 1. The van der Waals surface area contributed by atoms with Gasteiger partial charge >= 0.3 is 0 Å². The first-order chi connectivity index (χ1) is 9.02. The van der Waals surface area contributed by atoms with Gasteiger partial charge in [0.25, 0.3) is 0 Å². The van der Waals surface area contributed by atoms with Crippen LogP contribution in [0.3, 0.4) is 0 Å². The smallest absolute Gasteiger partial charge is 0.201 e. The topological polar surface area (TPSA) is 70.1 Å². The van der Waals surface area contributed by atoms with Gasteiger partial charge in [-0.1, -0.05) is 0 Å². The van der Waals surface area contributed by atoms with E-state index in [2.05, 4.69) is 4.98 Å². The number of hydrogen-bond donors (Lipinski definition) is 1. The van der Waals surface area contributed by atoms with Crippen molar-refractivity contribution in [3.8, 4) is 5.75 Å². The highest BCUT2D eigenvalue weighted by Crippen LogP contribution is 2.26. The van der Waals surface area contributed by atoms with Crippen molar-refractivity contribution < 1.29 is 13.3 Å². The second kappa shape index (κ2) is 5.56. The van der Waals surface area contributed by atoms with Crippen LogP contribution in [0.5, 0.6) is 5.75 Å². The standard InChI is InChI=1S/C12H16FN3O2S/c1-18-11-7-10-9(6-8(11)13)15-12(14)16(10)4-3-5-19(2)17/h6-7H,3-5H2,1-2H3,(H2,14,15). The molecule has 1 heterocycles. The van der Waals surface area contributed by atoms with E-state index in [4.69, 9.17) is 10.5 Å². The van der Waals surface area contributed by atoms with Crippen molar-refractivity contribution in [2.24, 2.45) is 0 Å². The average Bonchev–Trinajstić information content (AvgIpc) is 2.63. The van der Waals surface area contributed by atoms with Crippen LogP contribution in [0.25, 0.3) is 11.0 Å². The molecule has 19 heavy (non-hydrogen) atoms. The summed E-state index contributed by atoms with van der Waals surface area (Å²) in [4.78, 5) is 4.12. The van der Waals surface area contributed by atoms with Gasteiger partial charge in [-0.2, -0.15) is 0 Å². The molecule has 1 atom stereocenters. The van der Waals surface area contributed by atoms with Crippen LogP contribution in [0, 0.1) is 5.82 Å². The largest absolute Gasteiger partial charge is 0.494 e. The number of aryl methyl sites for hydroxylation is 1. The molecule has 0 spiro atoms. The summed E-state index contributed by atoms with van der Waals surface area (Å²) in [5.74, 6) is 0.615. The maximum absolute atomic E-state index is 13.6. The Balaban J connectivity index is 2.36. The molecule has 0 bridgehead atoms. The molecular formula is C12H16FN3O2S. The van der Waals surface area contributed by atoms with Crippen LogP contribution < -0.4 is 10.5 Å². The number of rotatable bonds is 5. The lowest BCUT2D eigenvalue weighted by atomic mass is 10.3. The molecule has 0 aliphatic rings.